The molecule has 1 aromatic heterocycles. The predicted octanol–water partition coefficient (Wildman–Crippen LogP) is 3.54. The summed E-state index contributed by atoms with van der Waals surface area (Å²) in [6.07, 6.45) is 3.24. The molecule has 2 aliphatic heterocycles. The van der Waals surface area contributed by atoms with Crippen LogP contribution >= 0.6 is 23.1 Å². The number of nitrogens with two attached hydrogens (primary N) is 1. The van der Waals surface area contributed by atoms with Gasteiger partial charge in [0.2, 0.25) is 11.0 Å². The average molecular weight is 477 g/mol. The molecule has 1 aliphatic carbocycles. The van der Waals surface area contributed by atoms with Gasteiger partial charge in [-0.15, -0.1) is 16.8 Å². The molecule has 0 radical (unpaired) electrons. The molecule has 3 N–H and O–H groups in total. The van der Waals surface area contributed by atoms with Crippen molar-refractivity contribution >= 4 is 45.6 Å². The Balaban J connectivity index is 1.79. The predicted molar refractivity (Wildman–Crippen MR) is 128 cm³/mol. The number of carbonyl (C=O) groups is 2. The molecule has 1 atom stereocenters. The minimum absolute atomic E-state index is 0.0360. The summed E-state index contributed by atoms with van der Waals surface area (Å²) in [4.78, 5) is 28.7. The van der Waals surface area contributed by atoms with E-state index in [4.69, 9.17) is 5.73 Å². The smallest absolute Gasteiger partial charge is 0.245 e. The quantitative estimate of drug-likeness (QED) is 0.507. The van der Waals surface area contributed by atoms with Crippen molar-refractivity contribution < 1.29 is 9.59 Å². The molecule has 3 heterocycles. The number of nitrogens with zero attached hydrogens (tertiary/aromatic N) is 4. The first-order valence-electron chi connectivity index (χ1n) is 10.4. The molecule has 8 nitrogen and oxygen atoms in total. The fourth-order valence-electron chi connectivity index (χ4n) is 4.80. The molecule has 33 heavy (non-hydrogen) atoms. The van der Waals surface area contributed by atoms with E-state index < -0.39 is 11.3 Å². The second kappa shape index (κ2) is 7.86. The summed E-state index contributed by atoms with van der Waals surface area (Å²) in [7, 11) is 0. The highest BCUT2D eigenvalue weighted by Crippen LogP contribution is 2.55. The molecule has 1 spiro atoms. The van der Waals surface area contributed by atoms with Gasteiger partial charge in [0.05, 0.1) is 5.57 Å². The number of ketones is 1. The van der Waals surface area contributed by atoms with Crippen molar-refractivity contribution in [3.8, 4) is 6.07 Å². The van der Waals surface area contributed by atoms with Crippen LogP contribution in [0.3, 0.4) is 0 Å². The Hall–Kier alpha value is -3.42. The summed E-state index contributed by atoms with van der Waals surface area (Å²) in [5.74, 6) is 0.197. The molecule has 1 aromatic carbocycles. The van der Waals surface area contributed by atoms with Crippen molar-refractivity contribution in [3.05, 3.63) is 64.6 Å². The van der Waals surface area contributed by atoms with Crippen LogP contribution in [0, 0.1) is 18.3 Å². The number of hydrogen-bond acceptors (Lipinski definition) is 9. The summed E-state index contributed by atoms with van der Waals surface area (Å²) in [6.45, 7) is 5.63. The topological polar surface area (TPSA) is 125 Å². The van der Waals surface area contributed by atoms with E-state index in [1.165, 1.54) is 23.1 Å². The van der Waals surface area contributed by atoms with Crippen LogP contribution in [0.2, 0.25) is 0 Å². The minimum atomic E-state index is -1.56. The number of nitriles is 1. The lowest BCUT2D eigenvalue weighted by atomic mass is 9.64. The number of thioether (sulfide) groups is 1. The van der Waals surface area contributed by atoms with Crippen LogP contribution < -0.4 is 16.0 Å². The molecule has 1 amide bonds. The van der Waals surface area contributed by atoms with Crippen molar-refractivity contribution in [2.24, 2.45) is 5.73 Å². The fourth-order valence-corrected chi connectivity index (χ4v) is 6.45. The van der Waals surface area contributed by atoms with Gasteiger partial charge in [-0.2, -0.15) is 5.26 Å². The summed E-state index contributed by atoms with van der Waals surface area (Å²) in [5.41, 5.74) is 8.12. The third-order valence-electron chi connectivity index (χ3n) is 6.09. The Morgan fingerprint density at radius 1 is 1.39 bits per heavy atom. The van der Waals surface area contributed by atoms with Gasteiger partial charge in [-0.05, 0) is 25.8 Å². The van der Waals surface area contributed by atoms with Crippen LogP contribution in [-0.2, 0) is 15.0 Å². The van der Waals surface area contributed by atoms with Crippen LogP contribution in [-0.4, -0.2) is 27.6 Å². The molecular formula is C23H20N6O2S2. The summed E-state index contributed by atoms with van der Waals surface area (Å²) < 4.78 is 0.723. The number of hydrogen-bond donors (Lipinski definition) is 2. The van der Waals surface area contributed by atoms with Crippen molar-refractivity contribution in [2.45, 2.75) is 35.9 Å². The van der Waals surface area contributed by atoms with Gasteiger partial charge in [0.15, 0.2) is 10.1 Å². The van der Waals surface area contributed by atoms with Gasteiger partial charge in [-0.1, -0.05) is 46.9 Å². The lowest BCUT2D eigenvalue weighted by Crippen LogP contribution is -2.50. The normalized spacial score (nSPS) is 21.8. The number of nitrogens with one attached hydrogen (secondary N) is 1. The maximum absolute atomic E-state index is 13.6. The molecule has 1 unspecified atom stereocenters. The SMILES string of the molecule is C=CCSc1nnc(N2C(N)=C(C#N)C3(C(=O)Nc4ccc(C)cc43)C3=C2CCCC3=O)s1. The second-order valence-corrected chi connectivity index (χ2v) is 10.2. The number of anilines is 2. The van der Waals surface area contributed by atoms with E-state index in [0.29, 0.717) is 52.7 Å². The van der Waals surface area contributed by atoms with Gasteiger partial charge in [0.25, 0.3) is 0 Å². The molecule has 10 heteroatoms. The number of Topliss-reactive ketones (excluding diaryl/α,β-unsaturated/α-hetero) is 1. The van der Waals surface area contributed by atoms with Gasteiger partial charge in [-0.25, -0.2) is 0 Å². The first kappa shape index (κ1) is 21.4. The van der Waals surface area contributed by atoms with Crippen LogP contribution in [0.1, 0.15) is 30.4 Å². The van der Waals surface area contributed by atoms with Gasteiger partial charge in [-0.3, -0.25) is 14.5 Å². The lowest BCUT2D eigenvalue weighted by Gasteiger charge is -2.42. The van der Waals surface area contributed by atoms with E-state index in [1.54, 1.807) is 17.0 Å². The Labute approximate surface area is 198 Å². The Morgan fingerprint density at radius 2 is 2.21 bits per heavy atom. The van der Waals surface area contributed by atoms with E-state index in [0.717, 1.165) is 9.90 Å². The number of amides is 1. The Morgan fingerprint density at radius 3 is 2.97 bits per heavy atom. The zero-order valence-corrected chi connectivity index (χ0v) is 19.5. The molecule has 3 aliphatic rings. The van der Waals surface area contributed by atoms with E-state index in [2.05, 4.69) is 28.2 Å². The molecule has 166 valence electrons. The van der Waals surface area contributed by atoms with Crippen LogP contribution in [0.4, 0.5) is 10.8 Å². The molecule has 5 rings (SSSR count). The lowest BCUT2D eigenvalue weighted by molar-refractivity contribution is -0.122. The number of fused-ring (bicyclic) bond motifs is 3. The highest BCUT2D eigenvalue weighted by Gasteiger charge is 2.60. The zero-order chi connectivity index (χ0) is 23.3. The van der Waals surface area contributed by atoms with E-state index in [-0.39, 0.29) is 17.2 Å². The largest absolute Gasteiger partial charge is 0.384 e. The highest BCUT2D eigenvalue weighted by molar-refractivity contribution is 8.01. The summed E-state index contributed by atoms with van der Waals surface area (Å²) in [5, 5.41) is 22.1. The Bertz CT molecular complexity index is 1330. The number of aromatic nitrogens is 2. The molecular weight excluding hydrogens is 456 g/mol. The third kappa shape index (κ3) is 2.96. The fraction of sp³-hybridized carbons (Fsp3) is 0.261. The average Bonchev–Trinajstić information content (AvgIpc) is 3.36. The van der Waals surface area contributed by atoms with Crippen molar-refractivity contribution in [1.29, 1.82) is 5.26 Å². The number of aryl methyl sites for hydroxylation is 1. The number of carbonyl (C=O) groups excluding carboxylic acids is 2. The number of rotatable bonds is 4. The second-order valence-electron chi connectivity index (χ2n) is 8.01. The van der Waals surface area contributed by atoms with Crippen molar-refractivity contribution in [2.75, 3.05) is 16.0 Å². The standard InChI is InChI=1S/C23H20N6O2S2/c1-3-9-32-22-28-27-21(33-22)29-16-5-4-6-17(30)18(16)23(14(11-24)19(29)25)13-10-12(2)7-8-15(13)26-20(23)31/h3,7-8,10H,1,4-6,9,25H2,2H3,(H,26,31). The maximum Gasteiger partial charge on any atom is 0.245 e. The number of allylic oxidation sites excluding steroid dienone is 1. The first-order valence-corrected chi connectivity index (χ1v) is 12.2. The molecule has 2 aromatic rings. The summed E-state index contributed by atoms with van der Waals surface area (Å²) >= 11 is 2.81. The van der Waals surface area contributed by atoms with E-state index in [9.17, 15) is 14.9 Å². The Kier molecular flexibility index (Phi) is 5.11. The van der Waals surface area contributed by atoms with Crippen LogP contribution in [0.25, 0.3) is 0 Å². The zero-order valence-electron chi connectivity index (χ0n) is 17.8. The number of benzene rings is 1. The molecule has 0 saturated carbocycles. The first-order chi connectivity index (χ1) is 15.9. The van der Waals surface area contributed by atoms with Crippen LogP contribution in [0.5, 0.6) is 0 Å². The molecule has 0 saturated heterocycles. The highest BCUT2D eigenvalue weighted by atomic mass is 32.2. The molecule has 0 fully saturated rings. The van der Waals surface area contributed by atoms with E-state index >= 15 is 0 Å². The maximum atomic E-state index is 13.6. The van der Waals surface area contributed by atoms with Gasteiger partial charge in [0, 0.05) is 34.7 Å². The van der Waals surface area contributed by atoms with Crippen LogP contribution in [0.15, 0.2) is 57.9 Å². The van der Waals surface area contributed by atoms with Gasteiger partial charge in [0.1, 0.15) is 17.3 Å². The molecule has 0 bridgehead atoms. The minimum Gasteiger partial charge on any atom is -0.384 e. The van der Waals surface area contributed by atoms with Gasteiger partial charge < -0.3 is 11.1 Å². The van der Waals surface area contributed by atoms with E-state index in [1.807, 2.05) is 19.1 Å². The van der Waals surface area contributed by atoms with Gasteiger partial charge >= 0.3 is 0 Å². The van der Waals surface area contributed by atoms with Crippen molar-refractivity contribution in [1.82, 2.24) is 10.2 Å². The van der Waals surface area contributed by atoms with Crippen molar-refractivity contribution in [3.63, 3.8) is 0 Å². The monoisotopic (exact) mass is 476 g/mol. The summed E-state index contributed by atoms with van der Waals surface area (Å²) in [6, 6.07) is 7.72. The third-order valence-corrected chi connectivity index (χ3v) is 8.13.